The van der Waals surface area contributed by atoms with Gasteiger partial charge in [-0.25, -0.2) is 9.98 Å². The van der Waals surface area contributed by atoms with E-state index in [9.17, 15) is 0 Å². The summed E-state index contributed by atoms with van der Waals surface area (Å²) in [5.74, 6) is 0.497. The summed E-state index contributed by atoms with van der Waals surface area (Å²) >= 11 is 0. The summed E-state index contributed by atoms with van der Waals surface area (Å²) < 4.78 is 0. The van der Waals surface area contributed by atoms with Crippen LogP contribution >= 0.6 is 0 Å². The van der Waals surface area contributed by atoms with Crippen LogP contribution in [-0.2, 0) is 0 Å². The van der Waals surface area contributed by atoms with Crippen molar-refractivity contribution in [1.29, 1.82) is 0 Å². The fourth-order valence-corrected chi connectivity index (χ4v) is 0.374. The third-order valence-corrected chi connectivity index (χ3v) is 0.753. The molecule has 0 N–H and O–H groups in total. The molecule has 10 heavy (non-hydrogen) atoms. The first-order valence-electron chi connectivity index (χ1n) is 3.43. The lowest BCUT2D eigenvalue weighted by molar-refractivity contribution is 0.909. The van der Waals surface area contributed by atoms with Gasteiger partial charge in [0.1, 0.15) is 6.34 Å². The van der Waals surface area contributed by atoms with E-state index in [4.69, 9.17) is 0 Å². The highest BCUT2D eigenvalue weighted by molar-refractivity contribution is 5.73. The van der Waals surface area contributed by atoms with Crippen molar-refractivity contribution in [2.45, 2.75) is 20.8 Å². The van der Waals surface area contributed by atoms with Gasteiger partial charge >= 0.3 is 0 Å². The molecule has 0 aromatic heterocycles. The molecule has 0 heterocycles. The third-order valence-electron chi connectivity index (χ3n) is 0.753. The maximum atomic E-state index is 3.94. The molecule has 0 amide bonds. The Balaban J connectivity index is 3.51. The van der Waals surface area contributed by atoms with Crippen LogP contribution in [0.1, 0.15) is 20.8 Å². The first-order valence-corrected chi connectivity index (χ1v) is 3.43. The van der Waals surface area contributed by atoms with Gasteiger partial charge in [-0.05, 0) is 12.8 Å². The van der Waals surface area contributed by atoms with Crippen molar-refractivity contribution < 1.29 is 0 Å². The minimum atomic E-state index is 0.497. The summed E-state index contributed by atoms with van der Waals surface area (Å²) in [4.78, 5) is 7.80. The minimum absolute atomic E-state index is 0.497. The summed E-state index contributed by atoms with van der Waals surface area (Å²) in [6, 6.07) is 0. The average molecular weight is 138 g/mol. The topological polar surface area (TPSA) is 24.7 Å². The number of nitrogens with zero attached hydrogens (tertiary/aromatic N) is 2. The molecule has 0 fully saturated rings. The molecule has 0 aromatic rings. The molecule has 0 saturated heterocycles. The van der Waals surface area contributed by atoms with Crippen LogP contribution in [0.15, 0.2) is 22.3 Å². The summed E-state index contributed by atoms with van der Waals surface area (Å²) in [5.41, 5.74) is 0. The van der Waals surface area contributed by atoms with Gasteiger partial charge in [-0.1, -0.05) is 19.9 Å². The number of rotatable bonds is 3. The molecule has 0 unspecified atom stereocenters. The molecule has 0 aliphatic carbocycles. The van der Waals surface area contributed by atoms with E-state index >= 15 is 0 Å². The Hall–Kier alpha value is -0.920. The normalized spacial score (nSPS) is 13.2. The molecule has 56 valence electrons. The molecular weight excluding hydrogens is 124 g/mol. The summed E-state index contributed by atoms with van der Waals surface area (Å²) in [7, 11) is 0. The molecule has 0 spiro atoms. The van der Waals surface area contributed by atoms with Crippen molar-refractivity contribution in [1.82, 2.24) is 0 Å². The lowest BCUT2D eigenvalue weighted by atomic mass is 10.3. The lowest BCUT2D eigenvalue weighted by Gasteiger charge is -1.86. The molecule has 2 heteroatoms. The Labute approximate surface area is 62.4 Å². The highest BCUT2D eigenvalue weighted by Gasteiger charge is 1.79. The van der Waals surface area contributed by atoms with Crippen LogP contribution < -0.4 is 0 Å². The van der Waals surface area contributed by atoms with Crippen molar-refractivity contribution in [3.8, 4) is 0 Å². The maximum absolute atomic E-state index is 3.94. The Morgan fingerprint density at radius 2 is 1.90 bits per heavy atom. The van der Waals surface area contributed by atoms with Gasteiger partial charge in [-0.15, -0.1) is 0 Å². The van der Waals surface area contributed by atoms with E-state index in [0.29, 0.717) is 5.92 Å². The van der Waals surface area contributed by atoms with E-state index in [1.165, 1.54) is 0 Å². The Morgan fingerprint density at radius 3 is 2.40 bits per heavy atom. The molecule has 0 aromatic carbocycles. The molecule has 0 atom stereocenters. The number of allylic oxidation sites excluding steroid dienone is 1. The van der Waals surface area contributed by atoms with Gasteiger partial charge in [0.2, 0.25) is 0 Å². The number of hydrogen-bond donors (Lipinski definition) is 0. The molecule has 2 nitrogen and oxygen atoms in total. The second-order valence-corrected chi connectivity index (χ2v) is 2.29. The van der Waals surface area contributed by atoms with Crippen LogP contribution in [0, 0.1) is 5.92 Å². The lowest BCUT2D eigenvalue weighted by Crippen LogP contribution is -1.85. The first-order chi connectivity index (χ1) is 4.77. The fourth-order valence-electron chi connectivity index (χ4n) is 0.374. The first kappa shape index (κ1) is 9.08. The Morgan fingerprint density at radius 1 is 1.20 bits per heavy atom. The standard InChI is InChI=1S/C8H14N2/c1-4-5-9-7-10-6-8(2)3/h4-8H,1-3H3/b5-4-,9-7?,10-6?. The molecular formula is C8H14N2. The van der Waals surface area contributed by atoms with Crippen molar-refractivity contribution in [3.63, 3.8) is 0 Å². The minimum Gasteiger partial charge on any atom is -0.249 e. The third kappa shape index (κ3) is 7.08. The van der Waals surface area contributed by atoms with Gasteiger partial charge in [-0.2, -0.15) is 0 Å². The van der Waals surface area contributed by atoms with Crippen molar-refractivity contribution >= 4 is 12.6 Å². The van der Waals surface area contributed by atoms with Gasteiger partial charge in [-0.3, -0.25) is 0 Å². The highest BCUT2D eigenvalue weighted by atomic mass is 14.8. The van der Waals surface area contributed by atoms with Gasteiger partial charge < -0.3 is 0 Å². The Kier molecular flexibility index (Phi) is 5.63. The van der Waals surface area contributed by atoms with Gasteiger partial charge in [0.05, 0.1) is 0 Å². The zero-order chi connectivity index (χ0) is 7.82. The van der Waals surface area contributed by atoms with Crippen LogP contribution in [-0.4, -0.2) is 12.6 Å². The van der Waals surface area contributed by atoms with Crippen molar-refractivity contribution in [2.24, 2.45) is 15.9 Å². The average Bonchev–Trinajstić information content (AvgIpc) is 1.87. The van der Waals surface area contributed by atoms with E-state index in [0.717, 1.165) is 0 Å². The second kappa shape index (κ2) is 6.20. The molecule has 0 radical (unpaired) electrons. The van der Waals surface area contributed by atoms with Crippen LogP contribution in [0.3, 0.4) is 0 Å². The highest BCUT2D eigenvalue weighted by Crippen LogP contribution is 1.83. The quantitative estimate of drug-likeness (QED) is 0.422. The fraction of sp³-hybridized carbons (Fsp3) is 0.500. The van der Waals surface area contributed by atoms with Crippen LogP contribution in [0.4, 0.5) is 0 Å². The molecule has 0 saturated carbocycles. The second-order valence-electron chi connectivity index (χ2n) is 2.29. The van der Waals surface area contributed by atoms with E-state index in [-0.39, 0.29) is 0 Å². The smallest absolute Gasteiger partial charge is 0.114 e. The number of hydrogen-bond acceptors (Lipinski definition) is 1. The molecule has 0 bridgehead atoms. The van der Waals surface area contributed by atoms with Crippen molar-refractivity contribution in [2.75, 3.05) is 0 Å². The summed E-state index contributed by atoms with van der Waals surface area (Å²) in [5, 5.41) is 0. The van der Waals surface area contributed by atoms with Gasteiger partial charge in [0.15, 0.2) is 0 Å². The molecule has 0 rings (SSSR count). The van der Waals surface area contributed by atoms with E-state index in [1.54, 1.807) is 12.5 Å². The van der Waals surface area contributed by atoms with Crippen molar-refractivity contribution in [3.05, 3.63) is 12.3 Å². The zero-order valence-corrected chi connectivity index (χ0v) is 6.78. The predicted molar refractivity (Wildman–Crippen MR) is 46.6 cm³/mol. The maximum Gasteiger partial charge on any atom is 0.114 e. The van der Waals surface area contributed by atoms with Crippen LogP contribution in [0.25, 0.3) is 0 Å². The summed E-state index contributed by atoms with van der Waals surface area (Å²) in [6.45, 7) is 6.07. The van der Waals surface area contributed by atoms with E-state index in [1.807, 2.05) is 19.2 Å². The predicted octanol–water partition coefficient (Wildman–Crippen LogP) is 2.28. The van der Waals surface area contributed by atoms with Gasteiger partial charge in [0.25, 0.3) is 0 Å². The number of aliphatic imine (C=N–C) groups is 2. The van der Waals surface area contributed by atoms with E-state index in [2.05, 4.69) is 23.8 Å². The van der Waals surface area contributed by atoms with E-state index < -0.39 is 0 Å². The molecule has 0 aliphatic rings. The SMILES string of the molecule is C/C=C\N=CN=CC(C)C. The summed E-state index contributed by atoms with van der Waals surface area (Å²) in [6.07, 6.45) is 6.96. The van der Waals surface area contributed by atoms with Gasteiger partial charge in [0, 0.05) is 12.4 Å². The van der Waals surface area contributed by atoms with Crippen LogP contribution in [0.2, 0.25) is 0 Å². The van der Waals surface area contributed by atoms with Crippen LogP contribution in [0.5, 0.6) is 0 Å². The molecule has 0 aliphatic heterocycles. The largest absolute Gasteiger partial charge is 0.249 e. The Bertz CT molecular complexity index is 143. The zero-order valence-electron chi connectivity index (χ0n) is 6.78. The monoisotopic (exact) mass is 138 g/mol.